The van der Waals surface area contributed by atoms with Crippen molar-refractivity contribution < 1.29 is 0 Å². The molecule has 260 valence electrons. The van der Waals surface area contributed by atoms with Gasteiger partial charge < -0.3 is 9.47 Å². The third kappa shape index (κ3) is 5.39. The highest BCUT2D eigenvalue weighted by Crippen LogP contribution is 2.42. The van der Waals surface area contributed by atoms with E-state index in [0.717, 1.165) is 6.42 Å². The number of rotatable bonds is 6. The molecule has 1 unspecified atom stereocenters. The fraction of sp³-hybridized carbons (Fsp3) is 0.0385. The highest BCUT2D eigenvalue weighted by atomic mass is 32.1. The molecule has 1 aliphatic rings. The van der Waals surface area contributed by atoms with E-state index in [0.29, 0.717) is 0 Å². The topological polar surface area (TPSA) is 8.17 Å². The molecule has 0 spiro atoms. The Hall–Kier alpha value is -6.68. The third-order valence-corrected chi connectivity index (χ3v) is 12.5. The molecule has 0 radical (unpaired) electrons. The minimum atomic E-state index is 0.171. The highest BCUT2D eigenvalue weighted by molar-refractivity contribution is 7.26. The number of anilines is 2. The van der Waals surface area contributed by atoms with Crippen LogP contribution >= 0.6 is 11.3 Å². The first-order chi connectivity index (χ1) is 27.3. The van der Waals surface area contributed by atoms with Gasteiger partial charge in [0.15, 0.2) is 0 Å². The van der Waals surface area contributed by atoms with Gasteiger partial charge >= 0.3 is 0 Å². The lowest BCUT2D eigenvalue weighted by atomic mass is 9.92. The van der Waals surface area contributed by atoms with E-state index in [9.17, 15) is 0 Å². The van der Waals surface area contributed by atoms with Crippen LogP contribution in [0, 0.1) is 0 Å². The summed E-state index contributed by atoms with van der Waals surface area (Å²) in [4.78, 5) is 2.51. The summed E-state index contributed by atoms with van der Waals surface area (Å²) < 4.78 is 5.11. The maximum Gasteiger partial charge on any atom is 0.0640 e. The van der Waals surface area contributed by atoms with Crippen molar-refractivity contribution in [2.24, 2.45) is 0 Å². The Morgan fingerprint density at radius 2 is 1.15 bits per heavy atom. The molecular weight excluding hydrogens is 685 g/mol. The van der Waals surface area contributed by atoms with E-state index >= 15 is 0 Å². The third-order valence-electron chi connectivity index (χ3n) is 11.3. The van der Waals surface area contributed by atoms with E-state index < -0.39 is 0 Å². The van der Waals surface area contributed by atoms with Crippen LogP contribution in [0.3, 0.4) is 0 Å². The van der Waals surface area contributed by atoms with Crippen molar-refractivity contribution in [3.05, 3.63) is 205 Å². The lowest BCUT2D eigenvalue weighted by Crippen LogP contribution is -2.32. The molecule has 1 atom stereocenters. The molecule has 0 N–H and O–H groups in total. The Labute approximate surface area is 324 Å². The lowest BCUT2D eigenvalue weighted by Gasteiger charge is -2.34. The number of nitrogens with zero attached hydrogens (tertiary/aromatic N) is 2. The number of aromatic nitrogens is 1. The number of hydrogen-bond donors (Lipinski definition) is 0. The fourth-order valence-electron chi connectivity index (χ4n) is 8.70. The van der Waals surface area contributed by atoms with E-state index in [4.69, 9.17) is 0 Å². The molecule has 8 aromatic carbocycles. The van der Waals surface area contributed by atoms with Crippen LogP contribution in [0.2, 0.25) is 0 Å². The van der Waals surface area contributed by atoms with E-state index in [-0.39, 0.29) is 6.04 Å². The van der Waals surface area contributed by atoms with Gasteiger partial charge in [-0.25, -0.2) is 0 Å². The lowest BCUT2D eigenvalue weighted by molar-refractivity contribution is 0.767. The van der Waals surface area contributed by atoms with Crippen LogP contribution < -0.4 is 4.90 Å². The van der Waals surface area contributed by atoms with Gasteiger partial charge in [-0.2, -0.15) is 0 Å². The number of thiophene rings is 1. The molecule has 1 aliphatic carbocycles. The molecule has 2 heterocycles. The molecule has 0 bridgehead atoms. The van der Waals surface area contributed by atoms with Crippen molar-refractivity contribution in [3.8, 4) is 27.9 Å². The molecule has 0 amide bonds. The summed E-state index contributed by atoms with van der Waals surface area (Å²) in [6.45, 7) is 0. The van der Waals surface area contributed by atoms with Gasteiger partial charge in [0.2, 0.25) is 0 Å². The summed E-state index contributed by atoms with van der Waals surface area (Å²) in [6, 6.07) is 69.1. The normalized spacial score (nSPS) is 13.9. The van der Waals surface area contributed by atoms with Gasteiger partial charge in [0.25, 0.3) is 0 Å². The van der Waals surface area contributed by atoms with Gasteiger partial charge in [0, 0.05) is 37.6 Å². The predicted octanol–water partition coefficient (Wildman–Crippen LogP) is 14.3. The smallest absolute Gasteiger partial charge is 0.0640 e. The zero-order chi connectivity index (χ0) is 36.3. The quantitative estimate of drug-likeness (QED) is 0.166. The van der Waals surface area contributed by atoms with Crippen LogP contribution in [0.5, 0.6) is 0 Å². The minimum Gasteiger partial charge on any atom is -0.334 e. The summed E-state index contributed by atoms with van der Waals surface area (Å²) in [5.41, 5.74) is 13.6. The fourth-order valence-corrected chi connectivity index (χ4v) is 9.91. The summed E-state index contributed by atoms with van der Waals surface area (Å²) in [6.07, 6.45) is 5.61. The van der Waals surface area contributed by atoms with Gasteiger partial charge in [0.05, 0.1) is 27.5 Å². The second-order valence-corrected chi connectivity index (χ2v) is 15.6. The summed E-state index contributed by atoms with van der Waals surface area (Å²) >= 11 is 1.88. The van der Waals surface area contributed by atoms with Crippen LogP contribution in [0.4, 0.5) is 11.4 Å². The molecule has 3 heteroatoms. The van der Waals surface area contributed by atoms with Crippen LogP contribution in [0.25, 0.3) is 76.0 Å². The van der Waals surface area contributed by atoms with Crippen molar-refractivity contribution >= 4 is 70.8 Å². The monoisotopic (exact) mass is 720 g/mol. The van der Waals surface area contributed by atoms with Crippen LogP contribution in [-0.4, -0.2) is 10.6 Å². The Morgan fingerprint density at radius 3 is 2.05 bits per heavy atom. The Balaban J connectivity index is 1.03. The van der Waals surface area contributed by atoms with E-state index in [1.54, 1.807) is 0 Å². The molecule has 0 saturated heterocycles. The Kier molecular flexibility index (Phi) is 7.53. The van der Waals surface area contributed by atoms with E-state index in [1.165, 1.54) is 92.4 Å². The van der Waals surface area contributed by atoms with Gasteiger partial charge in [-0.05, 0) is 94.4 Å². The maximum atomic E-state index is 2.51. The first-order valence-electron chi connectivity index (χ1n) is 19.0. The van der Waals surface area contributed by atoms with Crippen LogP contribution in [0.1, 0.15) is 11.1 Å². The molecule has 11 rings (SSSR count). The maximum absolute atomic E-state index is 2.51. The largest absolute Gasteiger partial charge is 0.334 e. The first-order valence-corrected chi connectivity index (χ1v) is 19.8. The number of benzene rings is 8. The minimum absolute atomic E-state index is 0.171. The van der Waals surface area contributed by atoms with Crippen molar-refractivity contribution in [1.82, 2.24) is 4.57 Å². The van der Waals surface area contributed by atoms with Crippen molar-refractivity contribution in [1.29, 1.82) is 0 Å². The Morgan fingerprint density at radius 1 is 0.473 bits per heavy atom. The number of para-hydroxylation sites is 1. The molecule has 0 saturated carbocycles. The molecule has 2 aromatic heterocycles. The molecule has 0 fully saturated rings. The molecule has 0 aliphatic heterocycles. The Bertz CT molecular complexity index is 3080. The molecular formula is C52H36N2S. The summed E-state index contributed by atoms with van der Waals surface area (Å²) in [5.74, 6) is 0. The summed E-state index contributed by atoms with van der Waals surface area (Å²) in [5, 5.41) is 5.16. The highest BCUT2D eigenvalue weighted by Gasteiger charge is 2.24. The average Bonchev–Trinajstić information content (AvgIpc) is 3.80. The second-order valence-electron chi connectivity index (χ2n) is 14.5. The zero-order valence-corrected chi connectivity index (χ0v) is 31.0. The van der Waals surface area contributed by atoms with Crippen molar-refractivity contribution in [2.75, 3.05) is 4.90 Å². The number of hydrogen-bond acceptors (Lipinski definition) is 2. The second kappa shape index (κ2) is 13.0. The standard InChI is InChI=1S/C52H36N2S/c1-2-12-35(13-3-1)37-24-28-41(29-25-37)53(43-30-26-36-14-4-5-15-38(36)32-43)42-17-10-16-39(33-42)40-27-31-49-47(34-40)44-18-6-8-21-48(44)54(49)50-22-11-20-46-45-19-7-9-23-51(45)55-52(46)50/h1-31,33-34,43H,32H2. The van der Waals surface area contributed by atoms with E-state index in [1.807, 2.05) is 11.3 Å². The van der Waals surface area contributed by atoms with Gasteiger partial charge in [0.1, 0.15) is 0 Å². The summed E-state index contributed by atoms with van der Waals surface area (Å²) in [7, 11) is 0. The average molecular weight is 721 g/mol. The van der Waals surface area contributed by atoms with Gasteiger partial charge in [-0.3, -0.25) is 0 Å². The van der Waals surface area contributed by atoms with Gasteiger partial charge in [-0.15, -0.1) is 11.3 Å². The van der Waals surface area contributed by atoms with Crippen LogP contribution in [0.15, 0.2) is 194 Å². The molecule has 2 nitrogen and oxygen atoms in total. The SMILES string of the molecule is C1=CC(N(c2ccc(-c3ccccc3)cc2)c2cccc(-c3ccc4c(c3)c3ccccc3n4-c3cccc4c3sc3ccccc34)c2)Cc2ccccc21. The first kappa shape index (κ1) is 31.8. The van der Waals surface area contributed by atoms with Gasteiger partial charge in [-0.1, -0.05) is 146 Å². The molecule has 10 aromatic rings. The number of fused-ring (bicyclic) bond motifs is 7. The predicted molar refractivity (Wildman–Crippen MR) is 236 cm³/mol. The van der Waals surface area contributed by atoms with Crippen LogP contribution in [-0.2, 0) is 6.42 Å². The molecule has 55 heavy (non-hydrogen) atoms. The van der Waals surface area contributed by atoms with Crippen molar-refractivity contribution in [2.45, 2.75) is 12.5 Å². The van der Waals surface area contributed by atoms with E-state index in [2.05, 4.69) is 210 Å². The van der Waals surface area contributed by atoms with Crippen molar-refractivity contribution in [3.63, 3.8) is 0 Å². The zero-order valence-electron chi connectivity index (χ0n) is 30.1.